The van der Waals surface area contributed by atoms with Gasteiger partial charge in [0.1, 0.15) is 6.61 Å². The van der Waals surface area contributed by atoms with Crippen LogP contribution in [0.1, 0.15) is 0 Å². The maximum absolute atomic E-state index is 7.85. The van der Waals surface area contributed by atoms with Gasteiger partial charge in [-0.25, -0.2) is 0 Å². The molecule has 0 spiro atoms. The Morgan fingerprint density at radius 3 is 2.50 bits per heavy atom. The fourth-order valence-electron chi connectivity index (χ4n) is 0.177. The summed E-state index contributed by atoms with van der Waals surface area (Å²) < 4.78 is 4.48. The summed E-state index contributed by atoms with van der Waals surface area (Å²) in [5, 5.41) is 10.5. The van der Waals surface area contributed by atoms with E-state index in [0.717, 1.165) is 0 Å². The van der Waals surface area contributed by atoms with Crippen LogP contribution in [-0.4, -0.2) is 24.8 Å². The van der Waals surface area contributed by atoms with Gasteiger partial charge in [0.2, 0.25) is 0 Å². The quantitative estimate of drug-likeness (QED) is 0.242. The van der Waals surface area contributed by atoms with Crippen LogP contribution in [0.25, 0.3) is 0 Å². The molecule has 0 heterocycles. The lowest BCUT2D eigenvalue weighted by molar-refractivity contribution is 0.236. The molecule has 0 atom stereocenters. The maximum atomic E-state index is 7.85. The summed E-state index contributed by atoms with van der Waals surface area (Å²) in [5.74, 6) is 0.0856. The summed E-state index contributed by atoms with van der Waals surface area (Å²) in [6.07, 6.45) is 0. The van der Waals surface area contributed by atoms with Crippen molar-refractivity contribution in [2.24, 2.45) is 10.9 Å². The molecule has 50 valence electrons. The number of halogens is 1. The van der Waals surface area contributed by atoms with Gasteiger partial charge in [-0.2, -0.15) is 0 Å². The van der Waals surface area contributed by atoms with E-state index in [1.807, 2.05) is 0 Å². The molecule has 0 aromatic heterocycles. The molecule has 0 aliphatic rings. The lowest BCUT2D eigenvalue weighted by Crippen LogP contribution is -2.17. The first kappa shape index (κ1) is 10.5. The van der Waals surface area contributed by atoms with E-state index < -0.39 is 0 Å². The molecule has 0 aromatic carbocycles. The Morgan fingerprint density at radius 2 is 2.38 bits per heavy atom. The van der Waals surface area contributed by atoms with E-state index >= 15 is 0 Å². The van der Waals surface area contributed by atoms with Gasteiger partial charge >= 0.3 is 0 Å². The number of methoxy groups -OCH3 is 1. The number of amidine groups is 1. The summed E-state index contributed by atoms with van der Waals surface area (Å²) in [6.45, 7) is 0.177. The smallest absolute Gasteiger partial charge is 0.165 e. The van der Waals surface area contributed by atoms with Crippen LogP contribution in [0.5, 0.6) is 0 Å². The van der Waals surface area contributed by atoms with Crippen molar-refractivity contribution in [2.75, 3.05) is 13.7 Å². The van der Waals surface area contributed by atoms with Crippen molar-refractivity contribution in [3.8, 4) is 0 Å². The van der Waals surface area contributed by atoms with Gasteiger partial charge in [0, 0.05) is 7.11 Å². The van der Waals surface area contributed by atoms with E-state index in [-0.39, 0.29) is 24.8 Å². The molecular formula is C3H9ClN2O2. The largest absolute Gasteiger partial charge is 0.409 e. The Balaban J connectivity index is 0. The zero-order chi connectivity index (χ0) is 5.70. The minimum atomic E-state index is 0. The molecule has 3 N–H and O–H groups in total. The van der Waals surface area contributed by atoms with E-state index in [1.54, 1.807) is 0 Å². The van der Waals surface area contributed by atoms with Crippen molar-refractivity contribution in [2.45, 2.75) is 0 Å². The van der Waals surface area contributed by atoms with E-state index in [1.165, 1.54) is 7.11 Å². The summed E-state index contributed by atoms with van der Waals surface area (Å²) in [5.41, 5.74) is 4.96. The molecule has 0 fully saturated rings. The molecular weight excluding hydrogens is 131 g/mol. The highest BCUT2D eigenvalue weighted by atomic mass is 35.5. The number of ether oxygens (including phenoxy) is 1. The SMILES string of the molecule is COC/C(N)=N\O.Cl. The molecule has 0 radical (unpaired) electrons. The van der Waals surface area contributed by atoms with Crippen molar-refractivity contribution in [3.05, 3.63) is 0 Å². The van der Waals surface area contributed by atoms with E-state index in [0.29, 0.717) is 0 Å². The first-order valence-electron chi connectivity index (χ1n) is 1.76. The minimum Gasteiger partial charge on any atom is -0.409 e. The number of hydrogen-bond acceptors (Lipinski definition) is 3. The Hall–Kier alpha value is -0.480. The zero-order valence-corrected chi connectivity index (χ0v) is 5.31. The average molecular weight is 141 g/mol. The van der Waals surface area contributed by atoms with Gasteiger partial charge in [-0.05, 0) is 0 Å². The normalized spacial score (nSPS) is 10.4. The highest BCUT2D eigenvalue weighted by Gasteiger charge is 1.84. The van der Waals surface area contributed by atoms with Gasteiger partial charge in [-0.1, -0.05) is 5.16 Å². The Kier molecular flexibility index (Phi) is 8.55. The third kappa shape index (κ3) is 5.52. The van der Waals surface area contributed by atoms with E-state index in [4.69, 9.17) is 10.9 Å². The van der Waals surface area contributed by atoms with Gasteiger partial charge in [0.05, 0.1) is 0 Å². The standard InChI is InChI=1S/C3H8N2O2.ClH/c1-7-2-3(4)5-6;/h6H,2H2,1H3,(H2,4,5);1H. The first-order valence-corrected chi connectivity index (χ1v) is 1.76. The Morgan fingerprint density at radius 1 is 1.88 bits per heavy atom. The summed E-state index contributed by atoms with van der Waals surface area (Å²) >= 11 is 0. The molecule has 4 nitrogen and oxygen atoms in total. The molecule has 0 saturated heterocycles. The third-order valence-electron chi connectivity index (χ3n) is 0.421. The monoisotopic (exact) mass is 140 g/mol. The highest BCUT2D eigenvalue weighted by Crippen LogP contribution is 1.64. The predicted octanol–water partition coefficient (Wildman–Crippen LogP) is -0.199. The number of hydrogen-bond donors (Lipinski definition) is 2. The summed E-state index contributed by atoms with van der Waals surface area (Å²) in [6, 6.07) is 0. The van der Waals surface area contributed by atoms with Crippen LogP contribution in [0, 0.1) is 0 Å². The van der Waals surface area contributed by atoms with E-state index in [9.17, 15) is 0 Å². The Labute approximate surface area is 53.7 Å². The van der Waals surface area contributed by atoms with Crippen molar-refractivity contribution < 1.29 is 9.94 Å². The second kappa shape index (κ2) is 6.52. The van der Waals surface area contributed by atoms with Crippen LogP contribution in [0.15, 0.2) is 5.16 Å². The Bertz CT molecular complexity index is 75.7. The number of oxime groups is 1. The molecule has 0 aromatic rings. The number of nitrogens with two attached hydrogens (primary N) is 1. The van der Waals surface area contributed by atoms with Crippen LogP contribution in [0.4, 0.5) is 0 Å². The maximum Gasteiger partial charge on any atom is 0.165 e. The van der Waals surface area contributed by atoms with Crippen LogP contribution in [0.2, 0.25) is 0 Å². The summed E-state index contributed by atoms with van der Waals surface area (Å²) in [7, 11) is 1.47. The topological polar surface area (TPSA) is 67.8 Å². The van der Waals surface area contributed by atoms with Gasteiger partial charge in [0.15, 0.2) is 5.84 Å². The molecule has 0 bridgehead atoms. The van der Waals surface area contributed by atoms with Crippen molar-refractivity contribution >= 4 is 18.2 Å². The number of rotatable bonds is 2. The molecule has 0 aliphatic heterocycles. The van der Waals surface area contributed by atoms with Crippen molar-refractivity contribution in [1.82, 2.24) is 0 Å². The molecule has 5 heteroatoms. The average Bonchev–Trinajstić information content (AvgIpc) is 1.68. The predicted molar refractivity (Wildman–Crippen MR) is 32.5 cm³/mol. The van der Waals surface area contributed by atoms with Gasteiger partial charge in [-0.3, -0.25) is 0 Å². The molecule has 0 saturated carbocycles. The third-order valence-corrected chi connectivity index (χ3v) is 0.421. The lowest BCUT2D eigenvalue weighted by Gasteiger charge is -1.90. The lowest BCUT2D eigenvalue weighted by atomic mass is 10.7. The second-order valence-electron chi connectivity index (χ2n) is 1.02. The van der Waals surface area contributed by atoms with Crippen LogP contribution < -0.4 is 5.73 Å². The van der Waals surface area contributed by atoms with Gasteiger partial charge in [0.25, 0.3) is 0 Å². The van der Waals surface area contributed by atoms with Gasteiger partial charge in [-0.15, -0.1) is 12.4 Å². The molecule has 0 rings (SSSR count). The van der Waals surface area contributed by atoms with Crippen molar-refractivity contribution in [3.63, 3.8) is 0 Å². The minimum absolute atomic E-state index is 0. The molecule has 0 unspecified atom stereocenters. The van der Waals surface area contributed by atoms with Crippen LogP contribution in [0.3, 0.4) is 0 Å². The molecule has 0 amide bonds. The van der Waals surface area contributed by atoms with Crippen molar-refractivity contribution in [1.29, 1.82) is 0 Å². The van der Waals surface area contributed by atoms with Crippen LogP contribution >= 0.6 is 12.4 Å². The first-order chi connectivity index (χ1) is 3.31. The van der Waals surface area contributed by atoms with E-state index in [2.05, 4.69) is 9.89 Å². The number of nitrogens with zero attached hydrogens (tertiary/aromatic N) is 1. The fraction of sp³-hybridized carbons (Fsp3) is 0.667. The second-order valence-corrected chi connectivity index (χ2v) is 1.02. The molecule has 0 aliphatic carbocycles. The fourth-order valence-corrected chi connectivity index (χ4v) is 0.177. The van der Waals surface area contributed by atoms with Crippen LogP contribution in [-0.2, 0) is 4.74 Å². The molecule has 8 heavy (non-hydrogen) atoms. The highest BCUT2D eigenvalue weighted by molar-refractivity contribution is 5.85. The zero-order valence-electron chi connectivity index (χ0n) is 4.50. The van der Waals surface area contributed by atoms with Gasteiger partial charge < -0.3 is 15.7 Å². The summed E-state index contributed by atoms with van der Waals surface area (Å²) in [4.78, 5) is 0.